The molecule has 0 amide bonds. The smallest absolute Gasteiger partial charge is 0.0450 e. The molecule has 1 aromatic rings. The molecule has 0 unspecified atom stereocenters. The average molecular weight is 259 g/mol. The Morgan fingerprint density at radius 3 is 2.42 bits per heavy atom. The number of benzene rings is 1. The largest absolute Gasteiger partial charge is 0.550 e. The van der Waals surface area contributed by atoms with Gasteiger partial charge in [0.2, 0.25) is 0 Å². The van der Waals surface area contributed by atoms with E-state index in [1.165, 1.54) is 16.7 Å². The molecule has 2 heteroatoms. The molecular formula is C17H23O2-. The van der Waals surface area contributed by atoms with Crippen molar-refractivity contribution in [1.82, 2.24) is 0 Å². The van der Waals surface area contributed by atoms with E-state index in [0.717, 1.165) is 0 Å². The molecule has 19 heavy (non-hydrogen) atoms. The maximum Gasteiger partial charge on any atom is 0.0450 e. The molecular weight excluding hydrogens is 236 g/mol. The van der Waals surface area contributed by atoms with Crippen LogP contribution in [0.1, 0.15) is 49.8 Å². The average Bonchev–Trinajstić information content (AvgIpc) is 2.52. The monoisotopic (exact) mass is 259 g/mol. The second-order valence-corrected chi connectivity index (χ2v) is 6.68. The van der Waals surface area contributed by atoms with E-state index < -0.39 is 5.97 Å². The summed E-state index contributed by atoms with van der Waals surface area (Å²) in [5, 5.41) is 11.4. The fourth-order valence-corrected chi connectivity index (χ4v) is 3.64. The van der Waals surface area contributed by atoms with Gasteiger partial charge in [0, 0.05) is 11.9 Å². The van der Waals surface area contributed by atoms with Crippen molar-refractivity contribution in [2.75, 3.05) is 0 Å². The molecule has 1 aliphatic carbocycles. The van der Waals surface area contributed by atoms with E-state index in [2.05, 4.69) is 52.8 Å². The zero-order valence-electron chi connectivity index (χ0n) is 12.5. The molecule has 0 aliphatic heterocycles. The highest BCUT2D eigenvalue weighted by atomic mass is 16.4. The predicted octanol–water partition coefficient (Wildman–Crippen LogP) is 2.82. The number of rotatable bonds is 2. The lowest BCUT2D eigenvalue weighted by atomic mass is 9.74. The summed E-state index contributed by atoms with van der Waals surface area (Å²) in [6.45, 7) is 10.5. The number of aliphatic carboxylic acids is 1. The molecule has 2 rings (SSSR count). The first kappa shape index (κ1) is 14.1. The normalized spacial score (nSPS) is 29.4. The van der Waals surface area contributed by atoms with Crippen molar-refractivity contribution in [3.05, 3.63) is 34.9 Å². The molecule has 104 valence electrons. The fourth-order valence-electron chi connectivity index (χ4n) is 3.64. The molecule has 0 aromatic heterocycles. The second kappa shape index (κ2) is 4.66. The standard InChI is InChI=1S/C17H24O2/c1-10-6-7-13(11(2)8-10)14-9-15(16(18)19)17(4,5)12(14)3/h6-8,12,14-15H,9H2,1-5H3,(H,18,19)/p-1/t12-,14-,15+/m1/s1. The van der Waals surface area contributed by atoms with Gasteiger partial charge in [-0.15, -0.1) is 0 Å². The van der Waals surface area contributed by atoms with E-state index in [9.17, 15) is 9.90 Å². The Balaban J connectivity index is 2.39. The SMILES string of the molecule is Cc1ccc([C@@H]2C[C@@H](C(=O)[O-])C(C)(C)[C@@H]2C)c(C)c1. The minimum absolute atomic E-state index is 0.208. The van der Waals surface area contributed by atoms with E-state index in [0.29, 0.717) is 18.3 Å². The third-order valence-corrected chi connectivity index (χ3v) is 5.27. The van der Waals surface area contributed by atoms with Gasteiger partial charge in [0.15, 0.2) is 0 Å². The zero-order valence-corrected chi connectivity index (χ0v) is 12.5. The summed E-state index contributed by atoms with van der Waals surface area (Å²) >= 11 is 0. The number of carboxylic acids is 1. The summed E-state index contributed by atoms with van der Waals surface area (Å²) < 4.78 is 0. The molecule has 0 saturated heterocycles. The van der Waals surface area contributed by atoms with Gasteiger partial charge in [-0.3, -0.25) is 0 Å². The summed E-state index contributed by atoms with van der Waals surface area (Å²) in [5.41, 5.74) is 3.62. The summed E-state index contributed by atoms with van der Waals surface area (Å²) in [7, 11) is 0. The van der Waals surface area contributed by atoms with Crippen molar-refractivity contribution in [1.29, 1.82) is 0 Å². The van der Waals surface area contributed by atoms with Gasteiger partial charge in [-0.1, -0.05) is 44.5 Å². The van der Waals surface area contributed by atoms with E-state index in [-0.39, 0.29) is 11.3 Å². The Hall–Kier alpha value is -1.31. The van der Waals surface area contributed by atoms with Gasteiger partial charge in [-0.25, -0.2) is 0 Å². The molecule has 2 nitrogen and oxygen atoms in total. The van der Waals surface area contributed by atoms with Crippen LogP contribution in [0.3, 0.4) is 0 Å². The maximum atomic E-state index is 11.4. The van der Waals surface area contributed by atoms with Crippen molar-refractivity contribution in [3.63, 3.8) is 0 Å². The maximum absolute atomic E-state index is 11.4. The molecule has 1 aliphatic rings. The number of carboxylic acid groups (broad SMARTS) is 1. The number of carbonyl (C=O) groups is 1. The number of aryl methyl sites for hydroxylation is 2. The molecule has 0 bridgehead atoms. The van der Waals surface area contributed by atoms with Crippen molar-refractivity contribution >= 4 is 5.97 Å². The molecule has 1 fully saturated rings. The first-order valence-corrected chi connectivity index (χ1v) is 7.03. The zero-order chi connectivity index (χ0) is 14.4. The quantitative estimate of drug-likeness (QED) is 0.819. The lowest BCUT2D eigenvalue weighted by Crippen LogP contribution is -2.38. The molecule has 1 aromatic carbocycles. The number of hydrogen-bond donors (Lipinski definition) is 0. The second-order valence-electron chi connectivity index (χ2n) is 6.68. The van der Waals surface area contributed by atoms with E-state index in [1.807, 2.05) is 0 Å². The lowest BCUT2D eigenvalue weighted by Gasteiger charge is -2.32. The highest BCUT2D eigenvalue weighted by Gasteiger charge is 2.47. The Morgan fingerprint density at radius 2 is 1.95 bits per heavy atom. The van der Waals surface area contributed by atoms with Crippen molar-refractivity contribution in [2.24, 2.45) is 17.3 Å². The summed E-state index contributed by atoms with van der Waals surface area (Å²) in [6.07, 6.45) is 0.695. The van der Waals surface area contributed by atoms with Crippen LogP contribution < -0.4 is 5.11 Å². The molecule has 0 N–H and O–H groups in total. The van der Waals surface area contributed by atoms with Gasteiger partial charge in [0.05, 0.1) is 0 Å². The highest BCUT2D eigenvalue weighted by Crippen LogP contribution is 2.54. The Bertz CT molecular complexity index is 502. The lowest BCUT2D eigenvalue weighted by molar-refractivity contribution is -0.314. The summed E-state index contributed by atoms with van der Waals surface area (Å²) in [4.78, 5) is 11.4. The van der Waals surface area contributed by atoms with Gasteiger partial charge in [0.25, 0.3) is 0 Å². The summed E-state index contributed by atoms with van der Waals surface area (Å²) in [5.74, 6) is -0.590. The van der Waals surface area contributed by atoms with Crippen LogP contribution in [0.15, 0.2) is 18.2 Å². The molecule has 0 radical (unpaired) electrons. The van der Waals surface area contributed by atoms with Crippen LogP contribution in [0.25, 0.3) is 0 Å². The first-order chi connectivity index (χ1) is 8.75. The van der Waals surface area contributed by atoms with E-state index in [4.69, 9.17) is 0 Å². The van der Waals surface area contributed by atoms with Crippen molar-refractivity contribution in [3.8, 4) is 0 Å². The van der Waals surface area contributed by atoms with Gasteiger partial charge in [-0.05, 0) is 48.6 Å². The van der Waals surface area contributed by atoms with Crippen LogP contribution in [0.5, 0.6) is 0 Å². The van der Waals surface area contributed by atoms with Gasteiger partial charge in [0.1, 0.15) is 0 Å². The third-order valence-electron chi connectivity index (χ3n) is 5.27. The Kier molecular flexibility index (Phi) is 3.46. The Labute approximate surface area is 115 Å². The molecule has 0 heterocycles. The topological polar surface area (TPSA) is 40.1 Å². The molecule has 0 spiro atoms. The van der Waals surface area contributed by atoms with Crippen LogP contribution in [-0.4, -0.2) is 5.97 Å². The van der Waals surface area contributed by atoms with Crippen LogP contribution in [0.2, 0.25) is 0 Å². The predicted molar refractivity (Wildman–Crippen MR) is 74.7 cm³/mol. The van der Waals surface area contributed by atoms with E-state index >= 15 is 0 Å². The Morgan fingerprint density at radius 1 is 1.32 bits per heavy atom. The van der Waals surface area contributed by atoms with Crippen molar-refractivity contribution < 1.29 is 9.90 Å². The van der Waals surface area contributed by atoms with Gasteiger partial charge >= 0.3 is 0 Å². The first-order valence-electron chi connectivity index (χ1n) is 7.03. The van der Waals surface area contributed by atoms with Crippen LogP contribution in [0.4, 0.5) is 0 Å². The summed E-state index contributed by atoms with van der Waals surface area (Å²) in [6, 6.07) is 6.47. The minimum Gasteiger partial charge on any atom is -0.550 e. The van der Waals surface area contributed by atoms with Crippen LogP contribution in [0, 0.1) is 31.1 Å². The minimum atomic E-state index is -0.899. The fraction of sp³-hybridized carbons (Fsp3) is 0.588. The number of hydrogen-bond acceptors (Lipinski definition) is 2. The van der Waals surface area contributed by atoms with Gasteiger partial charge in [-0.2, -0.15) is 0 Å². The highest BCUT2D eigenvalue weighted by molar-refractivity contribution is 5.69. The third kappa shape index (κ3) is 2.29. The molecule has 1 saturated carbocycles. The van der Waals surface area contributed by atoms with Crippen LogP contribution in [-0.2, 0) is 4.79 Å². The molecule has 3 atom stereocenters. The van der Waals surface area contributed by atoms with E-state index in [1.54, 1.807) is 0 Å². The number of carbonyl (C=O) groups excluding carboxylic acids is 1. The van der Waals surface area contributed by atoms with Crippen molar-refractivity contribution in [2.45, 2.75) is 47.0 Å². The van der Waals surface area contributed by atoms with Gasteiger partial charge < -0.3 is 9.90 Å². The van der Waals surface area contributed by atoms with Crippen LogP contribution >= 0.6 is 0 Å².